The Balaban J connectivity index is 1.86. The first-order valence-corrected chi connectivity index (χ1v) is 8.68. The Labute approximate surface area is 134 Å². The maximum absolute atomic E-state index is 3.86. The van der Waals surface area contributed by atoms with Gasteiger partial charge in [0.05, 0.1) is 0 Å². The molecular weight excluding hydrogens is 266 g/mol. The molecule has 0 radical (unpaired) electrons. The summed E-state index contributed by atoms with van der Waals surface area (Å²) in [6, 6.07) is 22.6. The fraction of sp³-hybridized carbons (Fsp3) is 0.429. The van der Waals surface area contributed by atoms with Gasteiger partial charge >= 0.3 is 0 Å². The zero-order chi connectivity index (χ0) is 15.3. The van der Waals surface area contributed by atoms with Crippen LogP contribution in [0.25, 0.3) is 0 Å². The molecule has 3 rings (SSSR count). The van der Waals surface area contributed by atoms with Crippen molar-refractivity contribution in [1.82, 2.24) is 5.32 Å². The Hall–Kier alpha value is -1.60. The first-order valence-electron chi connectivity index (χ1n) is 8.68. The van der Waals surface area contributed by atoms with Crippen molar-refractivity contribution in [1.29, 1.82) is 0 Å². The molecule has 1 atom stereocenters. The molecule has 0 aliphatic heterocycles. The van der Waals surface area contributed by atoms with E-state index >= 15 is 0 Å². The molecule has 0 amide bonds. The molecule has 0 spiro atoms. The quantitative estimate of drug-likeness (QED) is 0.779. The van der Waals surface area contributed by atoms with Crippen molar-refractivity contribution >= 4 is 0 Å². The lowest BCUT2D eigenvalue weighted by Gasteiger charge is -2.49. The Morgan fingerprint density at radius 2 is 1.59 bits per heavy atom. The Morgan fingerprint density at radius 3 is 2.14 bits per heavy atom. The second-order valence-corrected chi connectivity index (χ2v) is 6.57. The van der Waals surface area contributed by atoms with Crippen LogP contribution >= 0.6 is 0 Å². The third kappa shape index (κ3) is 3.10. The van der Waals surface area contributed by atoms with E-state index in [9.17, 15) is 0 Å². The molecule has 1 aliphatic carbocycles. The minimum absolute atomic E-state index is 0.326. The molecule has 1 nitrogen and oxygen atoms in total. The SMILES string of the molecule is CCCNC(Cc1ccccc1)C1(c2ccccc2)CCC1. The first-order chi connectivity index (χ1) is 10.8. The Bertz CT molecular complexity index is 557. The first kappa shape index (κ1) is 15.3. The van der Waals surface area contributed by atoms with Gasteiger partial charge in [0, 0.05) is 11.5 Å². The Morgan fingerprint density at radius 1 is 0.955 bits per heavy atom. The zero-order valence-corrected chi connectivity index (χ0v) is 13.6. The highest BCUT2D eigenvalue weighted by atomic mass is 14.9. The second kappa shape index (κ2) is 7.11. The molecule has 0 aromatic heterocycles. The summed E-state index contributed by atoms with van der Waals surface area (Å²) in [5.74, 6) is 0. The van der Waals surface area contributed by atoms with E-state index in [1.165, 1.54) is 36.8 Å². The van der Waals surface area contributed by atoms with Gasteiger partial charge in [0.15, 0.2) is 0 Å². The summed E-state index contributed by atoms with van der Waals surface area (Å²) >= 11 is 0. The van der Waals surface area contributed by atoms with Gasteiger partial charge in [-0.25, -0.2) is 0 Å². The van der Waals surface area contributed by atoms with E-state index in [1.807, 2.05) is 0 Å². The summed E-state index contributed by atoms with van der Waals surface area (Å²) in [5.41, 5.74) is 3.29. The standard InChI is InChI=1S/C21H27N/c1-2-16-22-20(17-18-10-5-3-6-11-18)21(14-9-15-21)19-12-7-4-8-13-19/h3-8,10-13,20,22H,2,9,14-17H2,1H3. The van der Waals surface area contributed by atoms with Crippen LogP contribution in [0.1, 0.15) is 43.7 Å². The van der Waals surface area contributed by atoms with Gasteiger partial charge in [-0.3, -0.25) is 0 Å². The van der Waals surface area contributed by atoms with Crippen LogP contribution in [0.15, 0.2) is 60.7 Å². The number of nitrogens with one attached hydrogen (secondary N) is 1. The predicted molar refractivity (Wildman–Crippen MR) is 94.2 cm³/mol. The highest BCUT2D eigenvalue weighted by Crippen LogP contribution is 2.47. The molecular formula is C21H27N. The number of rotatable bonds is 7. The van der Waals surface area contributed by atoms with E-state index in [0.29, 0.717) is 11.5 Å². The lowest BCUT2D eigenvalue weighted by Crippen LogP contribution is -2.54. The van der Waals surface area contributed by atoms with Crippen molar-refractivity contribution in [2.45, 2.75) is 50.5 Å². The van der Waals surface area contributed by atoms with Gasteiger partial charge in [-0.15, -0.1) is 0 Å². The van der Waals surface area contributed by atoms with Crippen LogP contribution in [0, 0.1) is 0 Å². The predicted octanol–water partition coefficient (Wildman–Crippen LogP) is 4.72. The van der Waals surface area contributed by atoms with Crippen molar-refractivity contribution < 1.29 is 0 Å². The smallest absolute Gasteiger partial charge is 0.0204 e. The third-order valence-electron chi connectivity index (χ3n) is 5.18. The van der Waals surface area contributed by atoms with Gasteiger partial charge in [0.1, 0.15) is 0 Å². The lowest BCUT2D eigenvalue weighted by molar-refractivity contribution is 0.168. The lowest BCUT2D eigenvalue weighted by atomic mass is 9.59. The van der Waals surface area contributed by atoms with Crippen molar-refractivity contribution in [3.05, 3.63) is 71.8 Å². The molecule has 1 aliphatic rings. The average Bonchev–Trinajstić information content (AvgIpc) is 2.53. The van der Waals surface area contributed by atoms with Crippen LogP contribution in [0.4, 0.5) is 0 Å². The van der Waals surface area contributed by atoms with Crippen LogP contribution in [-0.4, -0.2) is 12.6 Å². The Kier molecular flexibility index (Phi) is 4.94. The average molecular weight is 293 g/mol. The summed E-state index contributed by atoms with van der Waals surface area (Å²) in [5, 5.41) is 3.86. The van der Waals surface area contributed by atoms with Gasteiger partial charge in [0.25, 0.3) is 0 Å². The zero-order valence-electron chi connectivity index (χ0n) is 13.6. The number of hydrogen-bond acceptors (Lipinski definition) is 1. The van der Waals surface area contributed by atoms with Crippen molar-refractivity contribution in [3.63, 3.8) is 0 Å². The molecule has 1 fully saturated rings. The van der Waals surface area contributed by atoms with Crippen molar-refractivity contribution in [2.75, 3.05) is 6.54 Å². The second-order valence-electron chi connectivity index (χ2n) is 6.57. The molecule has 2 aromatic carbocycles. The fourth-order valence-electron chi connectivity index (χ4n) is 3.80. The fourth-order valence-corrected chi connectivity index (χ4v) is 3.80. The maximum Gasteiger partial charge on any atom is 0.0204 e. The van der Waals surface area contributed by atoms with Crippen LogP contribution in [0.2, 0.25) is 0 Å². The van der Waals surface area contributed by atoms with Crippen molar-refractivity contribution in [2.24, 2.45) is 0 Å². The maximum atomic E-state index is 3.86. The minimum Gasteiger partial charge on any atom is -0.313 e. The summed E-state index contributed by atoms with van der Waals surface area (Å²) in [6.45, 7) is 3.36. The number of hydrogen-bond donors (Lipinski definition) is 1. The highest BCUT2D eigenvalue weighted by molar-refractivity contribution is 5.32. The largest absolute Gasteiger partial charge is 0.313 e. The van der Waals surface area contributed by atoms with E-state index in [-0.39, 0.29) is 0 Å². The molecule has 2 aromatic rings. The topological polar surface area (TPSA) is 12.0 Å². The van der Waals surface area contributed by atoms with Gasteiger partial charge in [-0.1, -0.05) is 74.0 Å². The molecule has 1 heteroatoms. The van der Waals surface area contributed by atoms with Crippen LogP contribution < -0.4 is 5.32 Å². The van der Waals surface area contributed by atoms with Crippen LogP contribution in [-0.2, 0) is 11.8 Å². The third-order valence-corrected chi connectivity index (χ3v) is 5.18. The normalized spacial score (nSPS) is 17.7. The summed E-state index contributed by atoms with van der Waals surface area (Å²) in [7, 11) is 0. The summed E-state index contributed by atoms with van der Waals surface area (Å²) in [6.07, 6.45) is 6.29. The molecule has 1 N–H and O–H groups in total. The van der Waals surface area contributed by atoms with Crippen molar-refractivity contribution in [3.8, 4) is 0 Å². The minimum atomic E-state index is 0.326. The van der Waals surface area contributed by atoms with Gasteiger partial charge in [0.2, 0.25) is 0 Å². The number of benzene rings is 2. The molecule has 0 heterocycles. The molecule has 1 saturated carbocycles. The highest BCUT2D eigenvalue weighted by Gasteiger charge is 2.44. The van der Waals surface area contributed by atoms with E-state index < -0.39 is 0 Å². The summed E-state index contributed by atoms with van der Waals surface area (Å²) < 4.78 is 0. The van der Waals surface area contributed by atoms with Gasteiger partial charge in [-0.2, -0.15) is 0 Å². The summed E-state index contributed by atoms with van der Waals surface area (Å²) in [4.78, 5) is 0. The van der Waals surface area contributed by atoms with E-state index in [1.54, 1.807) is 0 Å². The molecule has 22 heavy (non-hydrogen) atoms. The molecule has 116 valence electrons. The van der Waals surface area contributed by atoms with E-state index in [2.05, 4.69) is 72.9 Å². The molecule has 1 unspecified atom stereocenters. The van der Waals surface area contributed by atoms with Crippen LogP contribution in [0.5, 0.6) is 0 Å². The molecule has 0 bridgehead atoms. The van der Waals surface area contributed by atoms with Gasteiger partial charge in [-0.05, 0) is 43.4 Å². The van der Waals surface area contributed by atoms with E-state index in [0.717, 1.165) is 13.0 Å². The molecule has 0 saturated heterocycles. The van der Waals surface area contributed by atoms with E-state index in [4.69, 9.17) is 0 Å². The van der Waals surface area contributed by atoms with Gasteiger partial charge < -0.3 is 5.32 Å². The van der Waals surface area contributed by atoms with Crippen LogP contribution in [0.3, 0.4) is 0 Å². The monoisotopic (exact) mass is 293 g/mol.